The van der Waals surface area contributed by atoms with E-state index in [-0.39, 0.29) is 10.6 Å². The van der Waals surface area contributed by atoms with E-state index in [0.29, 0.717) is 25.7 Å². The number of carbonyl (C=O) groups is 1. The van der Waals surface area contributed by atoms with Crippen LogP contribution in [0.2, 0.25) is 0 Å². The third-order valence-corrected chi connectivity index (χ3v) is 6.82. The van der Waals surface area contributed by atoms with Crippen molar-refractivity contribution in [3.8, 4) is 0 Å². The number of hydrogen-bond acceptors (Lipinski definition) is 4. The molecular formula is C22H27FN2O4S. The van der Waals surface area contributed by atoms with Crippen molar-refractivity contribution in [2.45, 2.75) is 43.1 Å². The maximum atomic E-state index is 13.3. The van der Waals surface area contributed by atoms with E-state index in [1.165, 1.54) is 49.2 Å². The molecule has 0 saturated heterocycles. The highest BCUT2D eigenvalue weighted by molar-refractivity contribution is 7.92. The first-order valence-electron chi connectivity index (χ1n) is 10.2. The number of anilines is 1. The number of hydrogen-bond donors (Lipinski definition) is 1. The largest absolute Gasteiger partial charge is 0.378 e. The summed E-state index contributed by atoms with van der Waals surface area (Å²) >= 11 is 0. The highest BCUT2D eigenvalue weighted by Gasteiger charge is 2.27. The lowest BCUT2D eigenvalue weighted by molar-refractivity contribution is -0.119. The molecule has 2 aromatic carbocycles. The lowest BCUT2D eigenvalue weighted by atomic mass is 10.3. The SMILES string of the molecule is O=C(CN(c1ccc(F)cc1)S(=O)(=O)c1ccccc1)NCCCOC1CCCC1. The normalized spacial score (nSPS) is 14.6. The van der Waals surface area contributed by atoms with E-state index in [9.17, 15) is 17.6 Å². The van der Waals surface area contributed by atoms with E-state index in [2.05, 4.69) is 5.32 Å². The molecule has 1 amide bonds. The van der Waals surface area contributed by atoms with Gasteiger partial charge >= 0.3 is 0 Å². The van der Waals surface area contributed by atoms with Gasteiger partial charge < -0.3 is 10.1 Å². The highest BCUT2D eigenvalue weighted by atomic mass is 32.2. The molecule has 1 aliphatic carbocycles. The van der Waals surface area contributed by atoms with Crippen molar-refractivity contribution in [1.29, 1.82) is 0 Å². The lowest BCUT2D eigenvalue weighted by Crippen LogP contribution is -2.41. The summed E-state index contributed by atoms with van der Waals surface area (Å²) in [5.41, 5.74) is 0.222. The van der Waals surface area contributed by atoms with Gasteiger partial charge in [-0.1, -0.05) is 31.0 Å². The molecule has 1 fully saturated rings. The maximum Gasteiger partial charge on any atom is 0.264 e. The Kier molecular flexibility index (Phi) is 7.81. The molecule has 6 nitrogen and oxygen atoms in total. The third kappa shape index (κ3) is 6.03. The first-order valence-corrected chi connectivity index (χ1v) is 11.6. The first-order chi connectivity index (χ1) is 14.5. The Morgan fingerprint density at radius 3 is 2.40 bits per heavy atom. The quantitative estimate of drug-likeness (QED) is 0.581. The van der Waals surface area contributed by atoms with Crippen molar-refractivity contribution >= 4 is 21.6 Å². The molecule has 0 radical (unpaired) electrons. The second-order valence-corrected chi connectivity index (χ2v) is 9.14. The van der Waals surface area contributed by atoms with E-state index in [4.69, 9.17) is 4.74 Å². The fourth-order valence-electron chi connectivity index (χ4n) is 3.43. The Morgan fingerprint density at radius 2 is 1.73 bits per heavy atom. The van der Waals surface area contributed by atoms with Crippen LogP contribution in [0.5, 0.6) is 0 Å². The van der Waals surface area contributed by atoms with Crippen LogP contribution in [0.25, 0.3) is 0 Å². The van der Waals surface area contributed by atoms with Crippen LogP contribution in [-0.2, 0) is 19.6 Å². The summed E-state index contributed by atoms with van der Waals surface area (Å²) in [4.78, 5) is 12.5. The zero-order valence-corrected chi connectivity index (χ0v) is 17.6. The van der Waals surface area contributed by atoms with Crippen molar-refractivity contribution < 1.29 is 22.3 Å². The van der Waals surface area contributed by atoms with Crippen LogP contribution in [0.15, 0.2) is 59.5 Å². The predicted octanol–water partition coefficient (Wildman–Crippen LogP) is 3.49. The molecule has 3 rings (SSSR count). The van der Waals surface area contributed by atoms with Crippen LogP contribution in [0.4, 0.5) is 10.1 Å². The van der Waals surface area contributed by atoms with Crippen molar-refractivity contribution in [2.24, 2.45) is 0 Å². The highest BCUT2D eigenvalue weighted by Crippen LogP contribution is 2.24. The fourth-order valence-corrected chi connectivity index (χ4v) is 4.88. The number of benzene rings is 2. The summed E-state index contributed by atoms with van der Waals surface area (Å²) in [5.74, 6) is -0.915. The second-order valence-electron chi connectivity index (χ2n) is 7.28. The first kappa shape index (κ1) is 22.2. The molecule has 1 aliphatic rings. The molecule has 0 unspecified atom stereocenters. The van der Waals surface area contributed by atoms with Gasteiger partial charge in [0.2, 0.25) is 5.91 Å². The molecule has 0 spiro atoms. The molecular weight excluding hydrogens is 407 g/mol. The summed E-state index contributed by atoms with van der Waals surface area (Å²) < 4.78 is 46.3. The Morgan fingerprint density at radius 1 is 1.07 bits per heavy atom. The van der Waals surface area contributed by atoms with E-state index in [1.807, 2.05) is 0 Å². The minimum absolute atomic E-state index is 0.0621. The van der Waals surface area contributed by atoms with Gasteiger partial charge in [0, 0.05) is 13.2 Å². The van der Waals surface area contributed by atoms with Gasteiger partial charge in [-0.3, -0.25) is 9.10 Å². The third-order valence-electron chi connectivity index (χ3n) is 5.03. The zero-order chi connectivity index (χ0) is 21.4. The lowest BCUT2D eigenvalue weighted by Gasteiger charge is -2.24. The van der Waals surface area contributed by atoms with Crippen LogP contribution in [-0.4, -0.2) is 40.1 Å². The standard InChI is InChI=1S/C22H27FN2O4S/c23-18-11-13-19(14-12-18)25(30(27,28)21-9-2-1-3-10-21)17-22(26)24-15-6-16-29-20-7-4-5-8-20/h1-3,9-14,20H,4-8,15-17H2,(H,24,26). The second kappa shape index (κ2) is 10.5. The number of rotatable bonds is 10. The smallest absolute Gasteiger partial charge is 0.264 e. The average Bonchev–Trinajstić information content (AvgIpc) is 3.27. The van der Waals surface area contributed by atoms with Gasteiger partial charge in [0.05, 0.1) is 16.7 Å². The van der Waals surface area contributed by atoms with E-state index in [1.54, 1.807) is 18.2 Å². The molecule has 1 N–H and O–H groups in total. The van der Waals surface area contributed by atoms with E-state index in [0.717, 1.165) is 17.1 Å². The zero-order valence-electron chi connectivity index (χ0n) is 16.8. The summed E-state index contributed by atoms with van der Waals surface area (Å²) in [5, 5.41) is 2.74. The summed E-state index contributed by atoms with van der Waals surface area (Å²) in [6, 6.07) is 12.9. The molecule has 0 aliphatic heterocycles. The minimum Gasteiger partial charge on any atom is -0.378 e. The Hall–Kier alpha value is -2.45. The van der Waals surface area contributed by atoms with Gasteiger partial charge in [-0.15, -0.1) is 0 Å². The fraction of sp³-hybridized carbons (Fsp3) is 0.409. The Balaban J connectivity index is 1.62. The number of sulfonamides is 1. The summed E-state index contributed by atoms with van der Waals surface area (Å²) in [6.45, 7) is 0.565. The van der Waals surface area contributed by atoms with Crippen molar-refractivity contribution in [1.82, 2.24) is 5.32 Å². The van der Waals surface area contributed by atoms with Crippen molar-refractivity contribution in [3.63, 3.8) is 0 Å². The van der Waals surface area contributed by atoms with Crippen LogP contribution < -0.4 is 9.62 Å². The van der Waals surface area contributed by atoms with Crippen LogP contribution in [0, 0.1) is 5.82 Å². The monoisotopic (exact) mass is 434 g/mol. The Labute approximate surface area is 177 Å². The van der Waals surface area contributed by atoms with Crippen molar-refractivity contribution in [2.75, 3.05) is 24.0 Å². The number of ether oxygens (including phenoxy) is 1. The topological polar surface area (TPSA) is 75.7 Å². The van der Waals surface area contributed by atoms with Crippen molar-refractivity contribution in [3.05, 3.63) is 60.4 Å². The molecule has 0 atom stereocenters. The van der Waals surface area contributed by atoms with Gasteiger partial charge in [-0.25, -0.2) is 12.8 Å². The molecule has 162 valence electrons. The number of nitrogens with zero attached hydrogens (tertiary/aromatic N) is 1. The van der Waals surface area contributed by atoms with Gasteiger partial charge in [0.1, 0.15) is 12.4 Å². The molecule has 0 aromatic heterocycles. The van der Waals surface area contributed by atoms with E-state index < -0.39 is 28.3 Å². The molecule has 30 heavy (non-hydrogen) atoms. The Bertz CT molecular complexity index is 914. The van der Waals surface area contributed by atoms with Crippen LogP contribution in [0.3, 0.4) is 0 Å². The molecule has 0 bridgehead atoms. The number of nitrogens with one attached hydrogen (secondary N) is 1. The molecule has 1 saturated carbocycles. The van der Waals surface area contributed by atoms with Crippen LogP contribution in [0.1, 0.15) is 32.1 Å². The summed E-state index contributed by atoms with van der Waals surface area (Å²) in [6.07, 6.45) is 5.58. The van der Waals surface area contributed by atoms with Gasteiger partial charge in [0.15, 0.2) is 0 Å². The van der Waals surface area contributed by atoms with Gasteiger partial charge in [-0.05, 0) is 55.7 Å². The minimum atomic E-state index is -3.98. The van der Waals surface area contributed by atoms with E-state index >= 15 is 0 Å². The molecule has 0 heterocycles. The van der Waals surface area contributed by atoms with Gasteiger partial charge in [-0.2, -0.15) is 0 Å². The molecule has 8 heteroatoms. The number of amides is 1. The summed E-state index contributed by atoms with van der Waals surface area (Å²) in [7, 11) is -3.98. The maximum absolute atomic E-state index is 13.3. The number of carbonyl (C=O) groups excluding carboxylic acids is 1. The predicted molar refractivity (Wildman–Crippen MR) is 113 cm³/mol. The number of halogens is 1. The van der Waals surface area contributed by atoms with Crippen LogP contribution >= 0.6 is 0 Å². The van der Waals surface area contributed by atoms with Gasteiger partial charge in [0.25, 0.3) is 10.0 Å². The molecule has 2 aromatic rings. The average molecular weight is 435 g/mol.